The zero-order valence-corrected chi connectivity index (χ0v) is 13.1. The first-order valence-corrected chi connectivity index (χ1v) is 7.84. The van der Waals surface area contributed by atoms with Gasteiger partial charge in [-0.1, -0.05) is 12.1 Å². The smallest absolute Gasteiger partial charge is 0.255 e. The van der Waals surface area contributed by atoms with Crippen molar-refractivity contribution in [3.63, 3.8) is 0 Å². The fourth-order valence-electron chi connectivity index (χ4n) is 2.12. The van der Waals surface area contributed by atoms with Gasteiger partial charge < -0.3 is 15.8 Å². The van der Waals surface area contributed by atoms with E-state index in [4.69, 9.17) is 10.5 Å². The Kier molecular flexibility index (Phi) is 5.22. The molecule has 4 nitrogen and oxygen atoms in total. The highest BCUT2D eigenvalue weighted by atomic mass is 32.1. The fourth-order valence-corrected chi connectivity index (χ4v) is 2.96. The van der Waals surface area contributed by atoms with Gasteiger partial charge in [-0.25, -0.2) is 0 Å². The lowest BCUT2D eigenvalue weighted by molar-refractivity contribution is 0.0936. The minimum atomic E-state index is -0.158. The third-order valence-electron chi connectivity index (χ3n) is 3.04. The van der Waals surface area contributed by atoms with Crippen molar-refractivity contribution < 1.29 is 9.53 Å². The number of thiophene rings is 1. The standard InChI is InChI=1S/C16H20N2O2S/c1-3-20-15-13(7-4-8-14(15)17)16(19)18-11(2)10-12-6-5-9-21-12/h4-9,11H,3,10,17H2,1-2H3,(H,18,19). The van der Waals surface area contributed by atoms with Crippen molar-refractivity contribution in [2.75, 3.05) is 12.3 Å². The molecular weight excluding hydrogens is 284 g/mol. The first-order valence-electron chi connectivity index (χ1n) is 6.96. The average molecular weight is 304 g/mol. The van der Waals surface area contributed by atoms with Crippen LogP contribution in [0.15, 0.2) is 35.7 Å². The van der Waals surface area contributed by atoms with Crippen molar-refractivity contribution in [3.8, 4) is 5.75 Å². The van der Waals surface area contributed by atoms with E-state index in [0.717, 1.165) is 6.42 Å². The van der Waals surface area contributed by atoms with Crippen molar-refractivity contribution in [1.82, 2.24) is 5.32 Å². The molecule has 0 radical (unpaired) electrons. The van der Waals surface area contributed by atoms with Crippen LogP contribution in [0.25, 0.3) is 0 Å². The van der Waals surface area contributed by atoms with Gasteiger partial charge in [-0.3, -0.25) is 4.79 Å². The van der Waals surface area contributed by atoms with Gasteiger partial charge in [0.25, 0.3) is 5.91 Å². The Balaban J connectivity index is 2.07. The Morgan fingerprint density at radius 1 is 1.38 bits per heavy atom. The van der Waals surface area contributed by atoms with Crippen LogP contribution in [0.4, 0.5) is 5.69 Å². The number of rotatable bonds is 6. The lowest BCUT2D eigenvalue weighted by Crippen LogP contribution is -2.34. The molecule has 21 heavy (non-hydrogen) atoms. The van der Waals surface area contributed by atoms with Gasteiger partial charge in [-0.2, -0.15) is 0 Å². The van der Waals surface area contributed by atoms with Crippen LogP contribution in [0.3, 0.4) is 0 Å². The Labute approximate surface area is 128 Å². The summed E-state index contributed by atoms with van der Waals surface area (Å²) in [5, 5.41) is 5.03. The predicted octanol–water partition coefficient (Wildman–Crippen LogP) is 3.09. The summed E-state index contributed by atoms with van der Waals surface area (Å²) in [7, 11) is 0. The molecule has 112 valence electrons. The van der Waals surface area contributed by atoms with E-state index < -0.39 is 0 Å². The number of carbonyl (C=O) groups is 1. The maximum absolute atomic E-state index is 12.4. The summed E-state index contributed by atoms with van der Waals surface area (Å²) in [6, 6.07) is 9.35. The highest BCUT2D eigenvalue weighted by Gasteiger charge is 2.17. The number of anilines is 1. The molecule has 1 amide bonds. The monoisotopic (exact) mass is 304 g/mol. The van der Waals surface area contributed by atoms with Crippen molar-refractivity contribution in [1.29, 1.82) is 0 Å². The minimum absolute atomic E-state index is 0.0482. The summed E-state index contributed by atoms with van der Waals surface area (Å²) >= 11 is 1.69. The van der Waals surface area contributed by atoms with E-state index >= 15 is 0 Å². The lowest BCUT2D eigenvalue weighted by atomic mass is 10.1. The Bertz CT molecular complexity index is 596. The summed E-state index contributed by atoms with van der Waals surface area (Å²) in [6.45, 7) is 4.33. The molecule has 1 aromatic heterocycles. The Hall–Kier alpha value is -2.01. The molecule has 5 heteroatoms. The average Bonchev–Trinajstić information content (AvgIpc) is 2.93. The normalized spacial score (nSPS) is 11.9. The highest BCUT2D eigenvalue weighted by Crippen LogP contribution is 2.26. The third kappa shape index (κ3) is 3.98. The number of amides is 1. The van der Waals surface area contributed by atoms with Gasteiger partial charge in [-0.05, 0) is 37.4 Å². The number of nitrogen functional groups attached to an aromatic ring is 1. The van der Waals surface area contributed by atoms with E-state index in [0.29, 0.717) is 23.6 Å². The third-order valence-corrected chi connectivity index (χ3v) is 3.94. The molecule has 0 fully saturated rings. The van der Waals surface area contributed by atoms with Gasteiger partial charge in [0.1, 0.15) is 0 Å². The summed E-state index contributed by atoms with van der Waals surface area (Å²) in [5.41, 5.74) is 6.85. The fraction of sp³-hybridized carbons (Fsp3) is 0.312. The van der Waals surface area contributed by atoms with Crippen molar-refractivity contribution in [2.24, 2.45) is 0 Å². The molecule has 0 bridgehead atoms. The molecule has 1 heterocycles. The van der Waals surface area contributed by atoms with Crippen LogP contribution in [-0.2, 0) is 6.42 Å². The Morgan fingerprint density at radius 3 is 2.86 bits per heavy atom. The number of ether oxygens (including phenoxy) is 1. The molecule has 2 aromatic rings. The van der Waals surface area contributed by atoms with E-state index in [-0.39, 0.29) is 11.9 Å². The van der Waals surface area contributed by atoms with Crippen LogP contribution >= 0.6 is 11.3 Å². The van der Waals surface area contributed by atoms with Crippen molar-refractivity contribution in [2.45, 2.75) is 26.3 Å². The second-order valence-electron chi connectivity index (χ2n) is 4.81. The molecule has 1 aromatic carbocycles. The molecular formula is C16H20N2O2S. The molecule has 1 atom stereocenters. The summed E-state index contributed by atoms with van der Waals surface area (Å²) in [5.74, 6) is 0.302. The number of hydrogen-bond donors (Lipinski definition) is 2. The number of nitrogens with one attached hydrogen (secondary N) is 1. The molecule has 0 saturated heterocycles. The van der Waals surface area contributed by atoms with Gasteiger partial charge in [0, 0.05) is 17.3 Å². The second kappa shape index (κ2) is 7.13. The minimum Gasteiger partial charge on any atom is -0.491 e. The SMILES string of the molecule is CCOc1c(N)cccc1C(=O)NC(C)Cc1cccs1. The van der Waals surface area contributed by atoms with E-state index in [1.165, 1.54) is 4.88 Å². The first kappa shape index (κ1) is 15.4. The molecule has 1 unspecified atom stereocenters. The van der Waals surface area contributed by atoms with Crippen LogP contribution in [0.5, 0.6) is 5.75 Å². The predicted molar refractivity (Wildman–Crippen MR) is 87.0 cm³/mol. The quantitative estimate of drug-likeness (QED) is 0.806. The number of nitrogens with two attached hydrogens (primary N) is 1. The topological polar surface area (TPSA) is 64.3 Å². The van der Waals surface area contributed by atoms with Crippen LogP contribution in [0.2, 0.25) is 0 Å². The number of benzene rings is 1. The molecule has 0 saturated carbocycles. The Morgan fingerprint density at radius 2 is 2.19 bits per heavy atom. The molecule has 0 aliphatic rings. The number of hydrogen-bond acceptors (Lipinski definition) is 4. The van der Waals surface area contributed by atoms with Crippen molar-refractivity contribution in [3.05, 3.63) is 46.2 Å². The second-order valence-corrected chi connectivity index (χ2v) is 5.85. The van der Waals surface area contributed by atoms with Crippen LogP contribution in [0.1, 0.15) is 29.1 Å². The van der Waals surface area contributed by atoms with Crippen molar-refractivity contribution >= 4 is 22.9 Å². The number of para-hydroxylation sites is 1. The first-order chi connectivity index (χ1) is 10.1. The lowest BCUT2D eigenvalue weighted by Gasteiger charge is -2.16. The summed E-state index contributed by atoms with van der Waals surface area (Å²) in [4.78, 5) is 13.6. The summed E-state index contributed by atoms with van der Waals surface area (Å²) < 4.78 is 5.49. The van der Waals surface area contributed by atoms with E-state index in [2.05, 4.69) is 11.4 Å². The number of carbonyl (C=O) groups excluding carboxylic acids is 1. The molecule has 0 aliphatic carbocycles. The van der Waals surface area contributed by atoms with Gasteiger partial charge >= 0.3 is 0 Å². The molecule has 0 spiro atoms. The van der Waals surface area contributed by atoms with Gasteiger partial charge in [0.2, 0.25) is 0 Å². The summed E-state index contributed by atoms with van der Waals surface area (Å²) in [6.07, 6.45) is 0.815. The maximum Gasteiger partial charge on any atom is 0.255 e. The van der Waals surface area contributed by atoms with Gasteiger partial charge in [0.15, 0.2) is 5.75 Å². The molecule has 2 rings (SSSR count). The molecule has 0 aliphatic heterocycles. The van der Waals surface area contributed by atoms with Gasteiger partial charge in [-0.15, -0.1) is 11.3 Å². The zero-order chi connectivity index (χ0) is 15.2. The van der Waals surface area contributed by atoms with E-state index in [1.54, 1.807) is 29.5 Å². The van der Waals surface area contributed by atoms with Gasteiger partial charge in [0.05, 0.1) is 17.9 Å². The van der Waals surface area contributed by atoms with Crippen LogP contribution < -0.4 is 15.8 Å². The van der Waals surface area contributed by atoms with E-state index in [9.17, 15) is 4.79 Å². The largest absolute Gasteiger partial charge is 0.491 e. The zero-order valence-electron chi connectivity index (χ0n) is 12.3. The maximum atomic E-state index is 12.4. The highest BCUT2D eigenvalue weighted by molar-refractivity contribution is 7.09. The van der Waals surface area contributed by atoms with Crippen LogP contribution in [0, 0.1) is 0 Å². The van der Waals surface area contributed by atoms with E-state index in [1.807, 2.05) is 25.3 Å². The molecule has 3 N–H and O–H groups in total. The van der Waals surface area contributed by atoms with Crippen LogP contribution in [-0.4, -0.2) is 18.6 Å².